The fourth-order valence-electron chi connectivity index (χ4n) is 2.81. The van der Waals surface area contributed by atoms with Gasteiger partial charge in [0.2, 0.25) is 0 Å². The average Bonchev–Trinajstić information content (AvgIpc) is 2.51. The predicted molar refractivity (Wildman–Crippen MR) is 108 cm³/mol. The van der Waals surface area contributed by atoms with E-state index in [1.165, 1.54) is 3.57 Å². The van der Waals surface area contributed by atoms with E-state index in [0.29, 0.717) is 0 Å². The summed E-state index contributed by atoms with van der Waals surface area (Å²) in [6.07, 6.45) is 2.64. The van der Waals surface area contributed by atoms with Crippen molar-refractivity contribution in [3.05, 3.63) is 27.8 Å². The first-order valence-corrected chi connectivity index (χ1v) is 10.00. The van der Waals surface area contributed by atoms with E-state index >= 15 is 0 Å². The van der Waals surface area contributed by atoms with Crippen LogP contribution in [0.3, 0.4) is 0 Å². The zero-order valence-corrected chi connectivity index (χ0v) is 17.5. The number of nitrogens with one attached hydrogen (secondary N) is 1. The van der Waals surface area contributed by atoms with Crippen molar-refractivity contribution < 1.29 is 14.3 Å². The maximum atomic E-state index is 11.8. The summed E-state index contributed by atoms with van der Waals surface area (Å²) in [5, 5.41) is 2.98. The molecule has 0 atom stereocenters. The minimum Gasteiger partial charge on any atom is -0.494 e. The van der Waals surface area contributed by atoms with E-state index in [2.05, 4.69) is 38.9 Å². The van der Waals surface area contributed by atoms with Gasteiger partial charge in [0.05, 0.1) is 6.61 Å². The summed E-state index contributed by atoms with van der Waals surface area (Å²) >= 11 is 2.29. The third-order valence-corrected chi connectivity index (χ3v) is 4.66. The number of alkyl carbamates (subject to hydrolysis) is 1. The van der Waals surface area contributed by atoms with Gasteiger partial charge in [0.25, 0.3) is 0 Å². The Balaban J connectivity index is 1.58. The molecule has 25 heavy (non-hydrogen) atoms. The molecule has 0 radical (unpaired) electrons. The number of carbonyl (C=O) groups is 1. The van der Waals surface area contributed by atoms with Crippen molar-refractivity contribution in [3.63, 3.8) is 0 Å². The van der Waals surface area contributed by atoms with Crippen molar-refractivity contribution >= 4 is 28.7 Å². The normalized spacial score (nSPS) is 16.5. The molecule has 0 bridgehead atoms. The van der Waals surface area contributed by atoms with Crippen molar-refractivity contribution in [3.8, 4) is 5.75 Å². The Hall–Kier alpha value is -1.02. The van der Waals surface area contributed by atoms with Crippen LogP contribution in [-0.4, -0.2) is 48.9 Å². The quantitative estimate of drug-likeness (QED) is 0.514. The first-order valence-electron chi connectivity index (χ1n) is 8.92. The van der Waals surface area contributed by atoms with E-state index in [4.69, 9.17) is 9.47 Å². The molecule has 0 saturated carbocycles. The summed E-state index contributed by atoms with van der Waals surface area (Å²) in [5.41, 5.74) is -0.443. The molecule has 6 heteroatoms. The zero-order chi connectivity index (χ0) is 18.3. The molecule has 1 fully saturated rings. The van der Waals surface area contributed by atoms with E-state index in [0.717, 1.165) is 51.3 Å². The van der Waals surface area contributed by atoms with E-state index in [9.17, 15) is 4.79 Å². The second kappa shape index (κ2) is 9.62. The third-order valence-electron chi connectivity index (χ3n) is 3.99. The number of rotatable bonds is 6. The lowest BCUT2D eigenvalue weighted by Crippen LogP contribution is -2.46. The lowest BCUT2D eigenvalue weighted by molar-refractivity contribution is 0.0478. The van der Waals surface area contributed by atoms with Crippen molar-refractivity contribution in [2.24, 2.45) is 0 Å². The van der Waals surface area contributed by atoms with Gasteiger partial charge in [-0.15, -0.1) is 0 Å². The first kappa shape index (κ1) is 20.3. The van der Waals surface area contributed by atoms with Crippen LogP contribution in [0.25, 0.3) is 0 Å². The molecular formula is C19H29IN2O3. The zero-order valence-electron chi connectivity index (χ0n) is 15.4. The van der Waals surface area contributed by atoms with Gasteiger partial charge in [0, 0.05) is 29.2 Å². The van der Waals surface area contributed by atoms with Gasteiger partial charge in [-0.2, -0.15) is 0 Å². The molecule has 1 heterocycles. The first-order chi connectivity index (χ1) is 11.8. The number of nitrogens with zero attached hydrogens (tertiary/aromatic N) is 1. The number of piperidine rings is 1. The molecule has 140 valence electrons. The van der Waals surface area contributed by atoms with E-state index in [1.54, 1.807) is 0 Å². The maximum Gasteiger partial charge on any atom is 0.407 e. The molecule has 0 aromatic heterocycles. The van der Waals surface area contributed by atoms with Gasteiger partial charge >= 0.3 is 6.09 Å². The van der Waals surface area contributed by atoms with Crippen LogP contribution in [0.15, 0.2) is 24.3 Å². The summed E-state index contributed by atoms with van der Waals surface area (Å²) in [7, 11) is 0. The minimum atomic E-state index is -0.443. The van der Waals surface area contributed by atoms with Crippen LogP contribution in [-0.2, 0) is 4.74 Å². The highest BCUT2D eigenvalue weighted by molar-refractivity contribution is 14.1. The molecule has 1 N–H and O–H groups in total. The van der Waals surface area contributed by atoms with E-state index in [1.807, 2.05) is 39.0 Å². The Labute approximate surface area is 164 Å². The average molecular weight is 460 g/mol. The molecule has 0 aliphatic carbocycles. The number of halogens is 1. The summed E-state index contributed by atoms with van der Waals surface area (Å²) in [5.74, 6) is 0.937. The van der Waals surface area contributed by atoms with Gasteiger partial charge in [-0.25, -0.2) is 4.79 Å². The highest BCUT2D eigenvalue weighted by atomic mass is 127. The maximum absolute atomic E-state index is 11.8. The highest BCUT2D eigenvalue weighted by Crippen LogP contribution is 2.16. The topological polar surface area (TPSA) is 50.8 Å². The second-order valence-corrected chi connectivity index (χ2v) is 8.67. The van der Waals surface area contributed by atoms with E-state index < -0.39 is 5.60 Å². The molecule has 2 rings (SSSR count). The standard InChI is InChI=1S/C19H29IN2O3/c1-19(2,3)25-18(23)21-16-8-11-22(12-9-16)10-5-13-24-17-7-4-6-15(20)14-17/h4,6-7,14,16H,5,8-13H2,1-3H3,(H,21,23). The summed E-state index contributed by atoms with van der Waals surface area (Å²) in [6.45, 7) is 9.42. The van der Waals surface area contributed by atoms with Gasteiger partial charge in [0.1, 0.15) is 11.4 Å². The van der Waals surface area contributed by atoms with E-state index in [-0.39, 0.29) is 12.1 Å². The van der Waals surface area contributed by atoms with Gasteiger partial charge in [0.15, 0.2) is 0 Å². The fraction of sp³-hybridized carbons (Fsp3) is 0.632. The smallest absolute Gasteiger partial charge is 0.407 e. The molecule has 1 aliphatic rings. The summed E-state index contributed by atoms with van der Waals surface area (Å²) < 4.78 is 12.3. The van der Waals surface area contributed by atoms with Crippen LogP contribution in [0.2, 0.25) is 0 Å². The Morgan fingerprint density at radius 2 is 2.04 bits per heavy atom. The van der Waals surface area contributed by atoms with Crippen LogP contribution in [0.4, 0.5) is 4.79 Å². The Morgan fingerprint density at radius 1 is 1.32 bits per heavy atom. The number of likely N-dealkylation sites (tertiary alicyclic amines) is 1. The molecule has 5 nitrogen and oxygen atoms in total. The lowest BCUT2D eigenvalue weighted by Gasteiger charge is -2.32. The molecule has 1 saturated heterocycles. The van der Waals surface area contributed by atoms with Crippen molar-refractivity contribution in [1.82, 2.24) is 10.2 Å². The monoisotopic (exact) mass is 460 g/mol. The Morgan fingerprint density at radius 3 is 2.68 bits per heavy atom. The molecule has 1 amide bonds. The molecular weight excluding hydrogens is 431 g/mol. The molecule has 1 aromatic carbocycles. The molecule has 1 aromatic rings. The number of carbonyl (C=O) groups excluding carboxylic acids is 1. The van der Waals surface area contributed by atoms with Crippen LogP contribution >= 0.6 is 22.6 Å². The van der Waals surface area contributed by atoms with Gasteiger partial charge < -0.3 is 19.7 Å². The Kier molecular flexibility index (Phi) is 7.81. The number of ether oxygens (including phenoxy) is 2. The van der Waals surface area contributed by atoms with Crippen LogP contribution in [0, 0.1) is 3.57 Å². The highest BCUT2D eigenvalue weighted by Gasteiger charge is 2.23. The van der Waals surface area contributed by atoms with Crippen molar-refractivity contribution in [2.75, 3.05) is 26.2 Å². The summed E-state index contributed by atoms with van der Waals surface area (Å²) in [6, 6.07) is 8.33. The second-order valence-electron chi connectivity index (χ2n) is 7.42. The number of benzene rings is 1. The van der Waals surface area contributed by atoms with Crippen molar-refractivity contribution in [1.29, 1.82) is 0 Å². The summed E-state index contributed by atoms with van der Waals surface area (Å²) in [4.78, 5) is 14.2. The predicted octanol–water partition coefficient (Wildman–Crippen LogP) is 4.05. The molecule has 0 spiro atoms. The number of amides is 1. The van der Waals surface area contributed by atoms with Crippen LogP contribution in [0.1, 0.15) is 40.0 Å². The third kappa shape index (κ3) is 8.27. The molecule has 0 unspecified atom stereocenters. The van der Waals surface area contributed by atoms with Gasteiger partial charge in [-0.3, -0.25) is 0 Å². The van der Waals surface area contributed by atoms with Gasteiger partial charge in [-0.05, 0) is 80.8 Å². The Bertz CT molecular complexity index is 552. The fourth-order valence-corrected chi connectivity index (χ4v) is 3.32. The SMILES string of the molecule is CC(C)(C)OC(=O)NC1CCN(CCCOc2cccc(I)c2)CC1. The largest absolute Gasteiger partial charge is 0.494 e. The van der Waals surface area contributed by atoms with Crippen LogP contribution in [0.5, 0.6) is 5.75 Å². The lowest BCUT2D eigenvalue weighted by atomic mass is 10.1. The number of hydrogen-bond acceptors (Lipinski definition) is 4. The van der Waals surface area contributed by atoms with Crippen molar-refractivity contribution in [2.45, 2.75) is 51.7 Å². The molecule has 1 aliphatic heterocycles. The van der Waals surface area contributed by atoms with Crippen LogP contribution < -0.4 is 10.1 Å². The minimum absolute atomic E-state index is 0.216. The van der Waals surface area contributed by atoms with Gasteiger partial charge in [-0.1, -0.05) is 6.07 Å². The number of hydrogen-bond donors (Lipinski definition) is 1.